The molecule has 0 aliphatic heterocycles. The molecule has 0 heterocycles. The van der Waals surface area contributed by atoms with Gasteiger partial charge in [0.05, 0.1) is 5.71 Å². The van der Waals surface area contributed by atoms with Crippen molar-refractivity contribution in [2.45, 2.75) is 20.0 Å². The Labute approximate surface area is 174 Å². The zero-order valence-corrected chi connectivity index (χ0v) is 17.3. The Kier molecular flexibility index (Phi) is 6.67. The number of benzene rings is 2. The minimum Gasteiger partial charge on any atom is -0.398 e. The second-order valence-electron chi connectivity index (χ2n) is 6.47. The predicted octanol–water partition coefficient (Wildman–Crippen LogP) is 3.97. The molecule has 2 aromatic rings. The van der Waals surface area contributed by atoms with Gasteiger partial charge in [-0.1, -0.05) is 58.3 Å². The van der Waals surface area contributed by atoms with Crippen LogP contribution in [0.4, 0.5) is 0 Å². The third-order valence-corrected chi connectivity index (χ3v) is 4.96. The van der Waals surface area contributed by atoms with Gasteiger partial charge in [-0.2, -0.15) is 0 Å². The smallest absolute Gasteiger partial charge is 0.273 e. The minimum atomic E-state index is -0.343. The van der Waals surface area contributed by atoms with E-state index in [4.69, 9.17) is 21.3 Å². The maximum Gasteiger partial charge on any atom is 0.273 e. The van der Waals surface area contributed by atoms with Crippen LogP contribution in [-0.4, -0.2) is 31.5 Å². The highest BCUT2D eigenvalue weighted by molar-refractivity contribution is 6.45. The molecule has 0 unspecified atom stereocenters. The standard InChI is InChI=1S/C22H22ClN3O3/c1-14(17-11-15-8-6-10-20(23)19(15)12-17)25-29-13-16-7-4-5-9-18(16)21(26-28-3)22(27)24-2/h4-10,12H,11,13H2,1-3H3,(H,24,27)/b25-14+,26-21+. The van der Waals surface area contributed by atoms with Crippen molar-refractivity contribution in [2.75, 3.05) is 14.2 Å². The second-order valence-corrected chi connectivity index (χ2v) is 6.88. The molecule has 150 valence electrons. The number of rotatable bonds is 7. The van der Waals surface area contributed by atoms with E-state index in [2.05, 4.69) is 21.7 Å². The first-order chi connectivity index (χ1) is 14.0. The number of allylic oxidation sites excluding steroid dienone is 1. The maximum absolute atomic E-state index is 12.1. The lowest BCUT2D eigenvalue weighted by Gasteiger charge is -2.10. The van der Waals surface area contributed by atoms with Crippen LogP contribution in [0.2, 0.25) is 5.02 Å². The van der Waals surface area contributed by atoms with E-state index in [9.17, 15) is 4.79 Å². The molecule has 3 rings (SSSR count). The molecule has 0 radical (unpaired) electrons. The summed E-state index contributed by atoms with van der Waals surface area (Å²) < 4.78 is 0. The monoisotopic (exact) mass is 411 g/mol. The van der Waals surface area contributed by atoms with E-state index in [1.54, 1.807) is 13.1 Å². The van der Waals surface area contributed by atoms with Crippen LogP contribution in [0, 0.1) is 0 Å². The molecule has 0 spiro atoms. The van der Waals surface area contributed by atoms with Crippen molar-refractivity contribution < 1.29 is 14.5 Å². The van der Waals surface area contributed by atoms with Gasteiger partial charge < -0.3 is 15.0 Å². The molecule has 1 aliphatic rings. The molecular formula is C22H22ClN3O3. The number of hydrogen-bond acceptors (Lipinski definition) is 5. The van der Waals surface area contributed by atoms with Gasteiger partial charge in [0.25, 0.3) is 5.91 Å². The highest BCUT2D eigenvalue weighted by Gasteiger charge is 2.19. The van der Waals surface area contributed by atoms with E-state index >= 15 is 0 Å². The summed E-state index contributed by atoms with van der Waals surface area (Å²) in [6, 6.07) is 13.2. The first-order valence-electron chi connectivity index (χ1n) is 9.11. The largest absolute Gasteiger partial charge is 0.398 e. The lowest BCUT2D eigenvalue weighted by Crippen LogP contribution is -2.29. The van der Waals surface area contributed by atoms with Crippen LogP contribution in [0.25, 0.3) is 6.08 Å². The fraction of sp³-hybridized carbons (Fsp3) is 0.227. The minimum absolute atomic E-state index is 0.179. The fourth-order valence-electron chi connectivity index (χ4n) is 3.12. The number of carbonyl (C=O) groups is 1. The molecule has 29 heavy (non-hydrogen) atoms. The number of halogens is 1. The van der Waals surface area contributed by atoms with Gasteiger partial charge in [-0.15, -0.1) is 0 Å². The molecule has 0 aromatic heterocycles. The molecule has 1 N–H and O–H groups in total. The van der Waals surface area contributed by atoms with Crippen molar-refractivity contribution in [2.24, 2.45) is 10.3 Å². The molecule has 1 aliphatic carbocycles. The van der Waals surface area contributed by atoms with Crippen LogP contribution in [0.1, 0.15) is 29.2 Å². The highest BCUT2D eigenvalue weighted by atomic mass is 35.5. The van der Waals surface area contributed by atoms with Gasteiger partial charge in [-0.25, -0.2) is 0 Å². The molecule has 0 bridgehead atoms. The van der Waals surface area contributed by atoms with Gasteiger partial charge in [0.1, 0.15) is 13.7 Å². The number of nitrogens with one attached hydrogen (secondary N) is 1. The first kappa shape index (κ1) is 20.6. The van der Waals surface area contributed by atoms with Crippen LogP contribution < -0.4 is 5.32 Å². The van der Waals surface area contributed by atoms with Crippen molar-refractivity contribution in [3.05, 3.63) is 75.3 Å². The second kappa shape index (κ2) is 9.39. The third-order valence-electron chi connectivity index (χ3n) is 4.63. The number of nitrogens with zero attached hydrogens (tertiary/aromatic N) is 2. The average molecular weight is 412 g/mol. The van der Waals surface area contributed by atoms with Crippen molar-refractivity contribution in [1.29, 1.82) is 0 Å². The number of carbonyl (C=O) groups excluding carboxylic acids is 1. The Morgan fingerprint density at radius 2 is 1.97 bits per heavy atom. The SMILES string of the molecule is CNC(=O)/C(=N/OC)c1ccccc1CO/N=C(\C)C1=Cc2c(Cl)cccc2C1. The molecule has 7 heteroatoms. The lowest BCUT2D eigenvalue weighted by molar-refractivity contribution is -0.114. The van der Waals surface area contributed by atoms with Gasteiger partial charge in [0.15, 0.2) is 5.71 Å². The molecule has 1 amide bonds. The van der Waals surface area contributed by atoms with Crippen molar-refractivity contribution in [1.82, 2.24) is 5.32 Å². The molecule has 2 aromatic carbocycles. The number of likely N-dealkylation sites (N-methyl/N-ethyl adjacent to an activating group) is 1. The highest BCUT2D eigenvalue weighted by Crippen LogP contribution is 2.31. The predicted molar refractivity (Wildman–Crippen MR) is 115 cm³/mol. The fourth-order valence-corrected chi connectivity index (χ4v) is 3.37. The Morgan fingerprint density at radius 3 is 2.69 bits per heavy atom. The number of fused-ring (bicyclic) bond motifs is 1. The summed E-state index contributed by atoms with van der Waals surface area (Å²) in [4.78, 5) is 22.6. The van der Waals surface area contributed by atoms with Gasteiger partial charge in [0.2, 0.25) is 0 Å². The first-order valence-corrected chi connectivity index (χ1v) is 9.49. The zero-order chi connectivity index (χ0) is 20.8. The summed E-state index contributed by atoms with van der Waals surface area (Å²) in [7, 11) is 2.94. The topological polar surface area (TPSA) is 72.3 Å². The van der Waals surface area contributed by atoms with E-state index in [-0.39, 0.29) is 18.2 Å². The Balaban J connectivity index is 1.74. The summed E-state index contributed by atoms with van der Waals surface area (Å²) in [6.45, 7) is 2.09. The summed E-state index contributed by atoms with van der Waals surface area (Å²) in [5.41, 5.74) is 5.64. The van der Waals surface area contributed by atoms with Gasteiger partial charge >= 0.3 is 0 Å². The summed E-state index contributed by atoms with van der Waals surface area (Å²) in [5, 5.41) is 11.4. The normalized spacial score (nSPS) is 13.6. The summed E-state index contributed by atoms with van der Waals surface area (Å²) in [5.74, 6) is -0.343. The number of amides is 1. The van der Waals surface area contributed by atoms with E-state index in [1.165, 1.54) is 12.7 Å². The maximum atomic E-state index is 12.1. The van der Waals surface area contributed by atoms with Gasteiger partial charge in [-0.05, 0) is 35.8 Å². The number of oxime groups is 2. The average Bonchev–Trinajstić information content (AvgIpc) is 3.18. The summed E-state index contributed by atoms with van der Waals surface area (Å²) in [6.07, 6.45) is 2.81. The quantitative estimate of drug-likeness (QED) is 0.553. The molecular weight excluding hydrogens is 390 g/mol. The van der Waals surface area contributed by atoms with Crippen LogP contribution in [0.15, 0.2) is 58.3 Å². The van der Waals surface area contributed by atoms with E-state index in [0.717, 1.165) is 33.9 Å². The number of hydrogen-bond donors (Lipinski definition) is 1. The van der Waals surface area contributed by atoms with Crippen LogP contribution in [0.3, 0.4) is 0 Å². The molecule has 0 atom stereocenters. The van der Waals surface area contributed by atoms with Gasteiger partial charge in [0, 0.05) is 29.6 Å². The summed E-state index contributed by atoms with van der Waals surface area (Å²) >= 11 is 6.26. The van der Waals surface area contributed by atoms with Crippen LogP contribution in [-0.2, 0) is 27.5 Å². The molecule has 0 saturated heterocycles. The van der Waals surface area contributed by atoms with Crippen molar-refractivity contribution in [3.8, 4) is 0 Å². The van der Waals surface area contributed by atoms with E-state index in [0.29, 0.717) is 5.56 Å². The lowest BCUT2D eigenvalue weighted by atomic mass is 10.0. The van der Waals surface area contributed by atoms with Crippen molar-refractivity contribution in [3.63, 3.8) is 0 Å². The molecule has 0 fully saturated rings. The Morgan fingerprint density at radius 1 is 1.17 bits per heavy atom. The molecule has 6 nitrogen and oxygen atoms in total. The zero-order valence-electron chi connectivity index (χ0n) is 16.5. The molecule has 0 saturated carbocycles. The Hall–Kier alpha value is -3.12. The van der Waals surface area contributed by atoms with Crippen LogP contribution in [0.5, 0.6) is 0 Å². The van der Waals surface area contributed by atoms with E-state index in [1.807, 2.05) is 43.3 Å². The Bertz CT molecular complexity index is 1010. The van der Waals surface area contributed by atoms with Gasteiger partial charge in [-0.3, -0.25) is 4.79 Å². The van der Waals surface area contributed by atoms with Crippen LogP contribution >= 0.6 is 11.6 Å². The van der Waals surface area contributed by atoms with E-state index < -0.39 is 0 Å². The van der Waals surface area contributed by atoms with Crippen molar-refractivity contribution >= 4 is 35.0 Å². The third kappa shape index (κ3) is 4.66.